The number of benzene rings is 1. The van der Waals surface area contributed by atoms with E-state index in [4.69, 9.17) is 5.73 Å². The zero-order valence-electron chi connectivity index (χ0n) is 14.2. The van der Waals surface area contributed by atoms with Crippen LogP contribution >= 0.6 is 12.4 Å². The van der Waals surface area contributed by atoms with Gasteiger partial charge in [-0.25, -0.2) is 0 Å². The predicted molar refractivity (Wildman–Crippen MR) is 92.6 cm³/mol. The van der Waals surface area contributed by atoms with Crippen molar-refractivity contribution in [1.82, 2.24) is 4.90 Å². The summed E-state index contributed by atoms with van der Waals surface area (Å²) in [4.78, 5) is 14.9. The number of nitrogens with two attached hydrogens (primary N) is 1. The molecule has 0 bridgehead atoms. The van der Waals surface area contributed by atoms with E-state index in [1.807, 2.05) is 0 Å². The van der Waals surface area contributed by atoms with Crippen molar-refractivity contribution in [2.45, 2.75) is 44.2 Å². The number of carbonyl (C=O) groups excluding carboxylic acids is 1. The van der Waals surface area contributed by atoms with Gasteiger partial charge < -0.3 is 10.6 Å². The highest BCUT2D eigenvalue weighted by Gasteiger charge is 2.50. The first kappa shape index (κ1) is 20.0. The molecule has 1 aromatic rings. The van der Waals surface area contributed by atoms with E-state index in [-0.39, 0.29) is 23.7 Å². The third-order valence-electron chi connectivity index (χ3n) is 5.70. The van der Waals surface area contributed by atoms with Gasteiger partial charge in [-0.15, -0.1) is 12.4 Å². The van der Waals surface area contributed by atoms with Crippen LogP contribution in [-0.4, -0.2) is 30.4 Å². The zero-order valence-corrected chi connectivity index (χ0v) is 15.1. The Morgan fingerprint density at radius 1 is 1.28 bits per heavy atom. The summed E-state index contributed by atoms with van der Waals surface area (Å²) < 4.78 is 39.1. The fraction of sp³-hybridized carbons (Fsp3) is 0.611. The molecule has 2 N–H and O–H groups in total. The maximum absolute atomic E-state index is 13.1. The highest BCUT2D eigenvalue weighted by molar-refractivity contribution is 5.89. The summed E-state index contributed by atoms with van der Waals surface area (Å²) in [5.74, 6) is -0.0368. The van der Waals surface area contributed by atoms with Gasteiger partial charge in [-0.1, -0.05) is 31.5 Å². The van der Waals surface area contributed by atoms with Gasteiger partial charge in [0.25, 0.3) is 0 Å². The van der Waals surface area contributed by atoms with Crippen LogP contribution in [0.25, 0.3) is 0 Å². The summed E-state index contributed by atoms with van der Waals surface area (Å²) in [6.45, 7) is 3.78. The maximum Gasteiger partial charge on any atom is 0.416 e. The minimum Gasteiger partial charge on any atom is -0.341 e. The number of halogens is 4. The highest BCUT2D eigenvalue weighted by Crippen LogP contribution is 2.47. The average molecular weight is 377 g/mol. The van der Waals surface area contributed by atoms with E-state index in [1.165, 1.54) is 6.07 Å². The molecule has 1 unspecified atom stereocenters. The molecule has 1 heterocycles. The van der Waals surface area contributed by atoms with Crippen LogP contribution < -0.4 is 5.73 Å². The lowest BCUT2D eigenvalue weighted by Gasteiger charge is -2.43. The molecular weight excluding hydrogens is 353 g/mol. The highest BCUT2D eigenvalue weighted by atomic mass is 35.5. The van der Waals surface area contributed by atoms with Crippen molar-refractivity contribution in [3.8, 4) is 0 Å². The number of rotatable bonds is 3. The van der Waals surface area contributed by atoms with Crippen LogP contribution in [0.5, 0.6) is 0 Å². The summed E-state index contributed by atoms with van der Waals surface area (Å²) in [6, 6.07) is 5.26. The van der Waals surface area contributed by atoms with E-state index in [0.717, 1.165) is 25.0 Å². The molecule has 0 radical (unpaired) electrons. The molecule has 1 saturated heterocycles. The van der Waals surface area contributed by atoms with Crippen molar-refractivity contribution in [2.24, 2.45) is 11.1 Å². The fourth-order valence-electron chi connectivity index (χ4n) is 3.82. The molecule has 1 aromatic carbocycles. The van der Waals surface area contributed by atoms with Crippen molar-refractivity contribution in [3.63, 3.8) is 0 Å². The first-order valence-electron chi connectivity index (χ1n) is 8.37. The van der Waals surface area contributed by atoms with E-state index >= 15 is 0 Å². The molecule has 3 nitrogen and oxygen atoms in total. The average Bonchev–Trinajstić information content (AvgIpc) is 2.89. The fourth-order valence-corrected chi connectivity index (χ4v) is 3.82. The normalized spacial score (nSPS) is 25.2. The van der Waals surface area contributed by atoms with Gasteiger partial charge >= 0.3 is 6.18 Å². The van der Waals surface area contributed by atoms with Gasteiger partial charge in [0.15, 0.2) is 0 Å². The standard InChI is InChI=1S/C18H23F3N2O.ClH/c1-16(11-22)8-9-23(12-16)15(24)17(6-3-7-17)13-4-2-5-14(10-13)18(19,20)21;/h2,4-5,10H,3,6-9,11-12,22H2,1H3;1H. The smallest absolute Gasteiger partial charge is 0.341 e. The molecule has 7 heteroatoms. The second-order valence-electron chi connectivity index (χ2n) is 7.51. The summed E-state index contributed by atoms with van der Waals surface area (Å²) in [7, 11) is 0. The Kier molecular flexibility index (Phi) is 5.45. The first-order valence-corrected chi connectivity index (χ1v) is 8.37. The Morgan fingerprint density at radius 3 is 2.44 bits per heavy atom. The van der Waals surface area contributed by atoms with Gasteiger partial charge in [0.05, 0.1) is 11.0 Å². The van der Waals surface area contributed by atoms with Crippen LogP contribution in [0.4, 0.5) is 13.2 Å². The predicted octanol–water partition coefficient (Wildman–Crippen LogP) is 3.75. The minimum atomic E-state index is -4.39. The molecule has 140 valence electrons. The lowest BCUT2D eigenvalue weighted by Crippen LogP contribution is -2.51. The van der Waals surface area contributed by atoms with Crippen molar-refractivity contribution >= 4 is 18.3 Å². The number of alkyl halides is 3. The van der Waals surface area contributed by atoms with E-state index in [0.29, 0.717) is 38.0 Å². The van der Waals surface area contributed by atoms with E-state index in [2.05, 4.69) is 6.92 Å². The van der Waals surface area contributed by atoms with Gasteiger partial charge in [-0.2, -0.15) is 13.2 Å². The molecule has 0 spiro atoms. The van der Waals surface area contributed by atoms with Crippen molar-refractivity contribution in [3.05, 3.63) is 35.4 Å². The van der Waals surface area contributed by atoms with Crippen molar-refractivity contribution < 1.29 is 18.0 Å². The topological polar surface area (TPSA) is 46.3 Å². The largest absolute Gasteiger partial charge is 0.416 e. The summed E-state index contributed by atoms with van der Waals surface area (Å²) in [5, 5.41) is 0. The quantitative estimate of drug-likeness (QED) is 0.873. The van der Waals surface area contributed by atoms with E-state index in [1.54, 1.807) is 11.0 Å². The molecule has 1 aliphatic heterocycles. The number of nitrogens with zero attached hydrogens (tertiary/aromatic N) is 1. The first-order chi connectivity index (χ1) is 11.2. The Labute approximate surface area is 152 Å². The monoisotopic (exact) mass is 376 g/mol. The van der Waals surface area contributed by atoms with Gasteiger partial charge in [0, 0.05) is 13.1 Å². The van der Waals surface area contributed by atoms with Crippen LogP contribution in [0.15, 0.2) is 24.3 Å². The third-order valence-corrected chi connectivity index (χ3v) is 5.70. The molecule has 2 aliphatic rings. The molecule has 3 rings (SSSR count). The molecular formula is C18H24ClF3N2O. The van der Waals surface area contributed by atoms with Crippen LogP contribution in [0.2, 0.25) is 0 Å². The van der Waals surface area contributed by atoms with Gasteiger partial charge in [0.1, 0.15) is 0 Å². The molecule has 2 fully saturated rings. The SMILES string of the molecule is CC1(CN)CCN(C(=O)C2(c3cccc(C(F)(F)F)c3)CCC2)C1.Cl. The Hall–Kier alpha value is -1.27. The number of amides is 1. The molecule has 0 aromatic heterocycles. The van der Waals surface area contributed by atoms with Crippen molar-refractivity contribution in [2.75, 3.05) is 19.6 Å². The van der Waals surface area contributed by atoms with Gasteiger partial charge in [-0.3, -0.25) is 4.79 Å². The second-order valence-corrected chi connectivity index (χ2v) is 7.51. The Bertz CT molecular complexity index is 645. The molecule has 1 atom stereocenters. The number of likely N-dealkylation sites (tertiary alicyclic amines) is 1. The van der Waals surface area contributed by atoms with Gasteiger partial charge in [0.2, 0.25) is 5.91 Å². The lowest BCUT2D eigenvalue weighted by atomic mass is 9.63. The molecule has 1 aliphatic carbocycles. The Balaban J connectivity index is 0.00000225. The van der Waals surface area contributed by atoms with Crippen molar-refractivity contribution in [1.29, 1.82) is 0 Å². The minimum absolute atomic E-state index is 0. The summed E-state index contributed by atoms with van der Waals surface area (Å²) in [5.41, 5.74) is 4.73. The van der Waals surface area contributed by atoms with E-state index in [9.17, 15) is 18.0 Å². The summed E-state index contributed by atoms with van der Waals surface area (Å²) >= 11 is 0. The maximum atomic E-state index is 13.1. The van der Waals surface area contributed by atoms with Crippen LogP contribution in [0.1, 0.15) is 43.7 Å². The van der Waals surface area contributed by atoms with Gasteiger partial charge in [-0.05, 0) is 42.9 Å². The summed E-state index contributed by atoms with van der Waals surface area (Å²) in [6.07, 6.45) is -1.46. The molecule has 25 heavy (non-hydrogen) atoms. The second kappa shape index (κ2) is 6.80. The van der Waals surface area contributed by atoms with Crippen LogP contribution in [-0.2, 0) is 16.4 Å². The van der Waals surface area contributed by atoms with Crippen LogP contribution in [0.3, 0.4) is 0 Å². The zero-order chi connectivity index (χ0) is 17.6. The number of hydrogen-bond donors (Lipinski definition) is 1. The van der Waals surface area contributed by atoms with E-state index < -0.39 is 17.2 Å². The molecule has 1 saturated carbocycles. The van der Waals surface area contributed by atoms with Crippen LogP contribution in [0, 0.1) is 5.41 Å². The lowest BCUT2D eigenvalue weighted by molar-refractivity contribution is -0.141. The Morgan fingerprint density at radius 2 is 1.96 bits per heavy atom. The number of hydrogen-bond acceptors (Lipinski definition) is 2. The molecule has 1 amide bonds. The number of carbonyl (C=O) groups is 1. The third kappa shape index (κ3) is 3.51.